The molecule has 1 aromatic rings. The molecule has 0 fully saturated rings. The molecule has 2 N–H and O–H groups in total. The molecule has 0 spiro atoms. The van der Waals surface area contributed by atoms with Gasteiger partial charge >= 0.3 is 10.2 Å². The molecular formula is C10H11N3O4S. The molecule has 1 aliphatic heterocycles. The Morgan fingerprint density at radius 1 is 1.11 bits per heavy atom. The third-order valence-electron chi connectivity index (χ3n) is 2.46. The predicted octanol–water partition coefficient (Wildman–Crippen LogP) is -0.211. The van der Waals surface area contributed by atoms with Crippen molar-refractivity contribution in [3.05, 3.63) is 29.3 Å². The minimum absolute atomic E-state index is 0.166. The highest BCUT2D eigenvalue weighted by Crippen LogP contribution is 2.21. The third kappa shape index (κ3) is 2.07. The van der Waals surface area contributed by atoms with Gasteiger partial charge in [-0.2, -0.15) is 12.7 Å². The van der Waals surface area contributed by atoms with Crippen LogP contribution in [0, 0.1) is 0 Å². The molecule has 1 aromatic carbocycles. The topological polar surface area (TPSA) is 95.6 Å². The maximum absolute atomic E-state index is 11.6. The molecule has 7 nitrogen and oxygen atoms in total. The third-order valence-corrected chi connectivity index (χ3v) is 3.92. The Hall–Kier alpha value is -1.93. The summed E-state index contributed by atoms with van der Waals surface area (Å²) < 4.78 is 26.5. The Morgan fingerprint density at radius 3 is 2.33 bits per heavy atom. The average Bonchev–Trinajstić information content (AvgIpc) is 2.54. The van der Waals surface area contributed by atoms with E-state index in [0.717, 1.165) is 4.31 Å². The summed E-state index contributed by atoms with van der Waals surface area (Å²) in [5.74, 6) is -1.00. The number of benzene rings is 1. The first-order chi connectivity index (χ1) is 8.31. The standard InChI is InChI=1S/C10H11N3O4S/c1-13(2)18(16,17)12-6-3-4-7-8(5-6)10(15)11-9(7)14/h3-5,12H,1-2H3,(H,11,14,15). The minimum atomic E-state index is -3.63. The SMILES string of the molecule is CN(C)S(=O)(=O)Nc1ccc2c(c1)C(=O)NC2=O. The molecule has 8 heteroatoms. The molecule has 2 amide bonds. The van der Waals surface area contributed by atoms with Gasteiger partial charge in [-0.1, -0.05) is 0 Å². The number of amides is 2. The van der Waals surface area contributed by atoms with Crippen LogP contribution in [0.1, 0.15) is 20.7 Å². The minimum Gasteiger partial charge on any atom is -0.288 e. The summed E-state index contributed by atoms with van der Waals surface area (Å²) in [6.45, 7) is 0. The fraction of sp³-hybridized carbons (Fsp3) is 0.200. The van der Waals surface area contributed by atoms with Crippen LogP contribution in [-0.4, -0.2) is 38.6 Å². The van der Waals surface area contributed by atoms with E-state index in [1.807, 2.05) is 0 Å². The van der Waals surface area contributed by atoms with Crippen molar-refractivity contribution >= 4 is 27.7 Å². The van der Waals surface area contributed by atoms with E-state index in [1.54, 1.807) is 0 Å². The van der Waals surface area contributed by atoms with Crippen LogP contribution < -0.4 is 10.0 Å². The van der Waals surface area contributed by atoms with Gasteiger partial charge in [-0.15, -0.1) is 0 Å². The highest BCUT2D eigenvalue weighted by molar-refractivity contribution is 7.90. The van der Waals surface area contributed by atoms with E-state index in [9.17, 15) is 18.0 Å². The van der Waals surface area contributed by atoms with Crippen molar-refractivity contribution in [3.63, 3.8) is 0 Å². The molecule has 1 heterocycles. The van der Waals surface area contributed by atoms with Gasteiger partial charge in [-0.3, -0.25) is 19.6 Å². The van der Waals surface area contributed by atoms with Crippen LogP contribution >= 0.6 is 0 Å². The largest absolute Gasteiger partial charge is 0.301 e. The molecule has 0 saturated carbocycles. The van der Waals surface area contributed by atoms with E-state index in [-0.39, 0.29) is 16.8 Å². The van der Waals surface area contributed by atoms with Crippen molar-refractivity contribution in [1.82, 2.24) is 9.62 Å². The number of fused-ring (bicyclic) bond motifs is 1. The molecule has 0 aliphatic carbocycles. The normalized spacial score (nSPS) is 14.6. The van der Waals surface area contributed by atoms with Crippen molar-refractivity contribution < 1.29 is 18.0 Å². The van der Waals surface area contributed by atoms with Crippen LogP contribution in [-0.2, 0) is 10.2 Å². The number of nitrogens with one attached hydrogen (secondary N) is 2. The van der Waals surface area contributed by atoms with Gasteiger partial charge in [0.2, 0.25) is 0 Å². The van der Waals surface area contributed by atoms with Gasteiger partial charge in [0.15, 0.2) is 0 Å². The maximum atomic E-state index is 11.6. The molecule has 0 saturated heterocycles. The van der Waals surface area contributed by atoms with Gasteiger partial charge < -0.3 is 0 Å². The van der Waals surface area contributed by atoms with Gasteiger partial charge in [0.25, 0.3) is 11.8 Å². The molecule has 1 aliphatic rings. The molecule has 96 valence electrons. The fourth-order valence-electron chi connectivity index (χ4n) is 1.47. The lowest BCUT2D eigenvalue weighted by molar-refractivity contribution is 0.0879. The number of carbonyl (C=O) groups is 2. The second-order valence-electron chi connectivity index (χ2n) is 3.93. The molecule has 0 aromatic heterocycles. The fourth-order valence-corrected chi connectivity index (χ4v) is 2.08. The van der Waals surface area contributed by atoms with Crippen LogP contribution in [0.5, 0.6) is 0 Å². The van der Waals surface area contributed by atoms with Gasteiger partial charge in [0, 0.05) is 14.1 Å². The van der Waals surface area contributed by atoms with Crippen molar-refractivity contribution in [2.24, 2.45) is 0 Å². The lowest BCUT2D eigenvalue weighted by Crippen LogP contribution is -2.29. The zero-order valence-electron chi connectivity index (χ0n) is 9.72. The van der Waals surface area contributed by atoms with Crippen molar-refractivity contribution in [2.45, 2.75) is 0 Å². The van der Waals surface area contributed by atoms with E-state index >= 15 is 0 Å². The number of nitrogens with zero attached hydrogens (tertiary/aromatic N) is 1. The molecule has 0 unspecified atom stereocenters. The molecular weight excluding hydrogens is 258 g/mol. The Kier molecular flexibility index (Phi) is 2.83. The van der Waals surface area contributed by atoms with Gasteiger partial charge in [-0.05, 0) is 18.2 Å². The smallest absolute Gasteiger partial charge is 0.288 e. The van der Waals surface area contributed by atoms with E-state index in [0.29, 0.717) is 0 Å². The number of imide groups is 1. The van der Waals surface area contributed by atoms with Crippen LogP contribution in [0.3, 0.4) is 0 Å². The van der Waals surface area contributed by atoms with E-state index in [4.69, 9.17) is 0 Å². The van der Waals surface area contributed by atoms with Crippen molar-refractivity contribution in [2.75, 3.05) is 18.8 Å². The first-order valence-electron chi connectivity index (χ1n) is 5.01. The number of rotatable bonds is 3. The maximum Gasteiger partial charge on any atom is 0.301 e. The summed E-state index contributed by atoms with van der Waals surface area (Å²) in [6, 6.07) is 4.16. The summed E-state index contributed by atoms with van der Waals surface area (Å²) in [6.07, 6.45) is 0. The van der Waals surface area contributed by atoms with Crippen molar-refractivity contribution in [1.29, 1.82) is 0 Å². The first-order valence-corrected chi connectivity index (χ1v) is 6.45. The van der Waals surface area contributed by atoms with E-state index in [2.05, 4.69) is 10.0 Å². The van der Waals surface area contributed by atoms with Gasteiger partial charge in [0.1, 0.15) is 0 Å². The number of anilines is 1. The Labute approximate surface area is 104 Å². The van der Waals surface area contributed by atoms with E-state index in [1.165, 1.54) is 32.3 Å². The highest BCUT2D eigenvalue weighted by Gasteiger charge is 2.27. The average molecular weight is 269 g/mol. The quantitative estimate of drug-likeness (QED) is 0.742. The number of hydrogen-bond acceptors (Lipinski definition) is 4. The number of hydrogen-bond donors (Lipinski definition) is 2. The van der Waals surface area contributed by atoms with Crippen LogP contribution in [0.15, 0.2) is 18.2 Å². The first kappa shape index (κ1) is 12.5. The van der Waals surface area contributed by atoms with Crippen LogP contribution in [0.2, 0.25) is 0 Å². The summed E-state index contributed by atoms with van der Waals surface area (Å²) in [7, 11) is -0.871. The van der Waals surface area contributed by atoms with E-state index < -0.39 is 22.0 Å². The monoisotopic (exact) mass is 269 g/mol. The second kappa shape index (κ2) is 4.07. The summed E-state index contributed by atoms with van der Waals surface area (Å²) >= 11 is 0. The lowest BCUT2D eigenvalue weighted by atomic mass is 10.1. The lowest BCUT2D eigenvalue weighted by Gasteiger charge is -2.13. The highest BCUT2D eigenvalue weighted by atomic mass is 32.2. The Bertz CT molecular complexity index is 637. The molecule has 2 rings (SSSR count). The molecule has 0 atom stereocenters. The molecule has 0 bridgehead atoms. The molecule has 18 heavy (non-hydrogen) atoms. The molecule has 0 radical (unpaired) electrons. The summed E-state index contributed by atoms with van der Waals surface area (Å²) in [4.78, 5) is 22.7. The predicted molar refractivity (Wildman–Crippen MR) is 64.5 cm³/mol. The van der Waals surface area contributed by atoms with Crippen LogP contribution in [0.4, 0.5) is 5.69 Å². The van der Waals surface area contributed by atoms with Gasteiger partial charge in [0.05, 0.1) is 16.8 Å². The zero-order chi connectivity index (χ0) is 13.5. The Balaban J connectivity index is 2.37. The van der Waals surface area contributed by atoms with Crippen LogP contribution in [0.25, 0.3) is 0 Å². The summed E-state index contributed by atoms with van der Waals surface area (Å²) in [5.41, 5.74) is 0.638. The Morgan fingerprint density at radius 2 is 1.72 bits per heavy atom. The summed E-state index contributed by atoms with van der Waals surface area (Å²) in [5, 5.41) is 2.13. The number of carbonyl (C=O) groups excluding carboxylic acids is 2. The van der Waals surface area contributed by atoms with Gasteiger partial charge in [-0.25, -0.2) is 0 Å². The zero-order valence-corrected chi connectivity index (χ0v) is 10.5. The second-order valence-corrected chi connectivity index (χ2v) is 5.82. The van der Waals surface area contributed by atoms with Crippen molar-refractivity contribution in [3.8, 4) is 0 Å².